The first-order valence-electron chi connectivity index (χ1n) is 9.23. The molecule has 2 N–H and O–H groups in total. The van der Waals surface area contributed by atoms with Crippen LogP contribution in [0, 0.1) is 6.92 Å². The highest BCUT2D eigenvalue weighted by Gasteiger charge is 2.17. The van der Waals surface area contributed by atoms with E-state index in [0.29, 0.717) is 13.1 Å². The molecule has 1 atom stereocenters. The van der Waals surface area contributed by atoms with Crippen molar-refractivity contribution in [2.75, 3.05) is 25.5 Å². The van der Waals surface area contributed by atoms with Crippen LogP contribution in [0.2, 0.25) is 0 Å². The lowest BCUT2D eigenvalue weighted by molar-refractivity contribution is -0.905. The fourth-order valence-electron chi connectivity index (χ4n) is 3.03. The molecule has 152 valence electrons. The number of hydrogen-bond donors (Lipinski definition) is 2. The van der Waals surface area contributed by atoms with E-state index in [9.17, 15) is 13.6 Å². The topological polar surface area (TPSA) is 52.0 Å². The van der Waals surface area contributed by atoms with Gasteiger partial charge in [0.1, 0.15) is 6.54 Å². The maximum Gasteiger partial charge on any atom is 0.387 e. The Bertz CT molecular complexity index is 784. The number of anilines is 1. The average Bonchev–Trinajstić information content (AvgIpc) is 2.64. The number of alkyl halides is 2. The van der Waals surface area contributed by atoms with Crippen LogP contribution in [-0.4, -0.2) is 32.7 Å². The molecule has 5 nitrogen and oxygen atoms in total. The molecule has 2 rings (SSSR count). The largest absolute Gasteiger partial charge is 0.493 e. The molecule has 0 spiro atoms. The Labute approximate surface area is 164 Å². The van der Waals surface area contributed by atoms with Crippen molar-refractivity contribution in [2.24, 2.45) is 0 Å². The van der Waals surface area contributed by atoms with Crippen LogP contribution in [0.15, 0.2) is 42.5 Å². The van der Waals surface area contributed by atoms with E-state index < -0.39 is 6.61 Å². The van der Waals surface area contributed by atoms with Gasteiger partial charge in [0.25, 0.3) is 5.91 Å². The van der Waals surface area contributed by atoms with Crippen molar-refractivity contribution < 1.29 is 27.9 Å². The standard InChI is InChI=1S/C21H26F2N2O3/c1-4-11-25(14-20(26)24-17-8-6-5-7-15(17)2)13-16-9-10-18(28-21(22)23)19(12-16)27-3/h5-10,12,21H,4,11,13-14H2,1-3H3,(H,24,26)/p+1. The van der Waals surface area contributed by atoms with Gasteiger partial charge in [-0.25, -0.2) is 0 Å². The number of hydrogen-bond acceptors (Lipinski definition) is 3. The van der Waals surface area contributed by atoms with Crippen molar-refractivity contribution in [3.63, 3.8) is 0 Å². The van der Waals surface area contributed by atoms with Gasteiger partial charge in [0.15, 0.2) is 18.0 Å². The SMILES string of the molecule is CCC[NH+](CC(=O)Nc1ccccc1C)Cc1ccc(OC(F)F)c(OC)c1. The Hall–Kier alpha value is -2.67. The normalized spacial score (nSPS) is 11.9. The van der Waals surface area contributed by atoms with Gasteiger partial charge in [-0.15, -0.1) is 0 Å². The van der Waals surface area contributed by atoms with E-state index >= 15 is 0 Å². The van der Waals surface area contributed by atoms with Gasteiger partial charge in [-0.3, -0.25) is 4.79 Å². The zero-order valence-corrected chi connectivity index (χ0v) is 16.4. The molecule has 1 amide bonds. The fourth-order valence-corrected chi connectivity index (χ4v) is 3.03. The molecule has 2 aromatic rings. The Morgan fingerprint density at radius 1 is 1.18 bits per heavy atom. The predicted octanol–water partition coefficient (Wildman–Crippen LogP) is 3.04. The highest BCUT2D eigenvalue weighted by Crippen LogP contribution is 2.29. The zero-order chi connectivity index (χ0) is 20.5. The molecule has 0 fully saturated rings. The van der Waals surface area contributed by atoms with Gasteiger partial charge in [-0.2, -0.15) is 8.78 Å². The van der Waals surface area contributed by atoms with Gasteiger partial charge in [0.2, 0.25) is 0 Å². The quantitative estimate of drug-likeness (QED) is 0.652. The van der Waals surface area contributed by atoms with E-state index in [1.807, 2.05) is 31.2 Å². The van der Waals surface area contributed by atoms with Crippen LogP contribution in [0.4, 0.5) is 14.5 Å². The van der Waals surface area contributed by atoms with Gasteiger partial charge in [-0.05, 0) is 43.2 Å². The van der Waals surface area contributed by atoms with E-state index in [2.05, 4.69) is 17.0 Å². The number of halogens is 2. The highest BCUT2D eigenvalue weighted by molar-refractivity contribution is 5.92. The molecule has 0 aromatic heterocycles. The minimum Gasteiger partial charge on any atom is -0.493 e. The van der Waals surface area contributed by atoms with Gasteiger partial charge >= 0.3 is 6.61 Å². The van der Waals surface area contributed by atoms with Crippen molar-refractivity contribution in [1.29, 1.82) is 0 Å². The van der Waals surface area contributed by atoms with E-state index in [4.69, 9.17) is 4.74 Å². The summed E-state index contributed by atoms with van der Waals surface area (Å²) in [5.74, 6) is 0.177. The lowest BCUT2D eigenvalue weighted by Crippen LogP contribution is -3.11. The number of ether oxygens (including phenoxy) is 2. The molecular formula is C21H27F2N2O3+. The van der Waals surface area contributed by atoms with Gasteiger partial charge < -0.3 is 19.7 Å². The molecule has 0 radical (unpaired) electrons. The third kappa shape index (κ3) is 6.49. The lowest BCUT2D eigenvalue weighted by atomic mass is 10.1. The van der Waals surface area contributed by atoms with Gasteiger partial charge in [0, 0.05) is 11.3 Å². The molecule has 0 aliphatic rings. The Kier molecular flexibility index (Phi) is 8.19. The van der Waals surface area contributed by atoms with E-state index in [-0.39, 0.29) is 17.4 Å². The second kappa shape index (κ2) is 10.6. The lowest BCUT2D eigenvalue weighted by Gasteiger charge is -2.20. The van der Waals surface area contributed by atoms with Crippen molar-refractivity contribution in [3.8, 4) is 11.5 Å². The number of para-hydroxylation sites is 1. The number of rotatable bonds is 10. The molecule has 2 aromatic carbocycles. The molecule has 0 aliphatic heterocycles. The number of aryl methyl sites for hydroxylation is 1. The fraction of sp³-hybridized carbons (Fsp3) is 0.381. The molecule has 0 heterocycles. The van der Waals surface area contributed by atoms with E-state index in [1.165, 1.54) is 13.2 Å². The van der Waals surface area contributed by atoms with Crippen molar-refractivity contribution in [1.82, 2.24) is 0 Å². The monoisotopic (exact) mass is 393 g/mol. The molecule has 0 saturated heterocycles. The third-order valence-corrected chi connectivity index (χ3v) is 4.33. The maximum atomic E-state index is 12.5. The number of benzene rings is 2. The van der Waals surface area contributed by atoms with E-state index in [0.717, 1.165) is 34.7 Å². The summed E-state index contributed by atoms with van der Waals surface area (Å²) >= 11 is 0. The summed E-state index contributed by atoms with van der Waals surface area (Å²) < 4.78 is 34.6. The third-order valence-electron chi connectivity index (χ3n) is 4.33. The second-order valence-corrected chi connectivity index (χ2v) is 6.58. The number of amides is 1. The van der Waals surface area contributed by atoms with E-state index in [1.54, 1.807) is 12.1 Å². The number of carbonyl (C=O) groups excluding carboxylic acids is 1. The first-order valence-corrected chi connectivity index (χ1v) is 9.23. The van der Waals surface area contributed by atoms with Crippen LogP contribution >= 0.6 is 0 Å². The van der Waals surface area contributed by atoms with Crippen molar-refractivity contribution in [3.05, 3.63) is 53.6 Å². The second-order valence-electron chi connectivity index (χ2n) is 6.58. The first kappa shape index (κ1) is 21.6. The molecular weight excluding hydrogens is 366 g/mol. The summed E-state index contributed by atoms with van der Waals surface area (Å²) in [5, 5.41) is 2.95. The average molecular weight is 393 g/mol. The molecule has 0 bridgehead atoms. The summed E-state index contributed by atoms with van der Waals surface area (Å²) in [7, 11) is 1.41. The zero-order valence-electron chi connectivity index (χ0n) is 16.4. The van der Waals surface area contributed by atoms with Gasteiger partial charge in [-0.1, -0.05) is 25.1 Å². The summed E-state index contributed by atoms with van der Waals surface area (Å²) in [5.41, 5.74) is 2.69. The van der Waals surface area contributed by atoms with Crippen LogP contribution in [0.25, 0.3) is 0 Å². The van der Waals surface area contributed by atoms with Crippen molar-refractivity contribution in [2.45, 2.75) is 33.4 Å². The molecule has 0 aliphatic carbocycles. The first-order chi connectivity index (χ1) is 13.4. The minimum absolute atomic E-state index is 0.00409. The van der Waals surface area contributed by atoms with Crippen molar-refractivity contribution >= 4 is 11.6 Å². The smallest absolute Gasteiger partial charge is 0.387 e. The number of nitrogens with one attached hydrogen (secondary N) is 2. The maximum absolute atomic E-state index is 12.5. The molecule has 28 heavy (non-hydrogen) atoms. The van der Waals surface area contributed by atoms with Crippen LogP contribution in [0.3, 0.4) is 0 Å². The number of quaternary nitrogens is 1. The molecule has 1 unspecified atom stereocenters. The predicted molar refractivity (Wildman–Crippen MR) is 104 cm³/mol. The Morgan fingerprint density at radius 2 is 1.93 bits per heavy atom. The Balaban J connectivity index is 2.05. The Morgan fingerprint density at radius 3 is 2.57 bits per heavy atom. The summed E-state index contributed by atoms with van der Waals surface area (Å²) in [6, 6.07) is 12.5. The van der Waals surface area contributed by atoms with Crippen LogP contribution < -0.4 is 19.7 Å². The number of methoxy groups -OCH3 is 1. The number of carbonyl (C=O) groups is 1. The molecule has 7 heteroatoms. The van der Waals surface area contributed by atoms with Gasteiger partial charge in [0.05, 0.1) is 13.7 Å². The summed E-state index contributed by atoms with van der Waals surface area (Å²) in [4.78, 5) is 13.5. The van der Waals surface area contributed by atoms with Crippen LogP contribution in [-0.2, 0) is 11.3 Å². The highest BCUT2D eigenvalue weighted by atomic mass is 19.3. The molecule has 0 saturated carbocycles. The van der Waals surface area contributed by atoms with Crippen LogP contribution in [0.5, 0.6) is 11.5 Å². The summed E-state index contributed by atoms with van der Waals surface area (Å²) in [6.45, 7) is 2.77. The van der Waals surface area contributed by atoms with Crippen LogP contribution in [0.1, 0.15) is 24.5 Å². The summed E-state index contributed by atoms with van der Waals surface area (Å²) in [6.07, 6.45) is 0.913. The minimum atomic E-state index is -2.91.